The van der Waals surface area contributed by atoms with E-state index < -0.39 is 33.0 Å². The molecule has 6 aromatic carbocycles. The molecule has 0 fully saturated rings. The van der Waals surface area contributed by atoms with Gasteiger partial charge in [-0.3, -0.25) is 47.9 Å². The lowest BCUT2D eigenvalue weighted by atomic mass is 9.90. The Kier molecular flexibility index (Phi) is 57.7. The average molecular weight is 1800 g/mol. The maximum Gasteiger partial charge on any atom is 0.335 e. The summed E-state index contributed by atoms with van der Waals surface area (Å²) < 4.78 is 49.7. The highest BCUT2D eigenvalue weighted by atomic mass is 16.6. The molecule has 26 heteroatoms. The Morgan fingerprint density at radius 3 is 0.766 bits per heavy atom. The van der Waals surface area contributed by atoms with Crippen LogP contribution in [0.3, 0.4) is 0 Å². The SMILES string of the molecule is CCC(C)(C)C(=O)OC.CCC(C)(C)C(=O)OC.CCC(C)(C)C(=O)OC.CCC(C)(C)C(=O)Oc1ccc(C(=O)O)cc1.CCC(C)(C)C(=O)Oc1ccc(O)c2ccccc12.CCC(C)(C)C(=O)Oc1ccc(O)cc1.CCC(C)(C)C(=O)Oc1ccc(O)cc1.CCC(C)(C)C(=O)Oc1ccc(O)cc1.CCCOC(=O)C(C)CC.CCOC(=O)C(C)(C)CC. The quantitative estimate of drug-likeness (QED) is 0.0165. The van der Waals surface area contributed by atoms with Crippen molar-refractivity contribution >= 4 is 76.4 Å². The van der Waals surface area contributed by atoms with Crippen LogP contribution in [0.4, 0.5) is 0 Å². The van der Waals surface area contributed by atoms with Crippen LogP contribution in [0.15, 0.2) is 133 Å². The average Bonchev–Trinajstić information content (AvgIpc) is 0.800. The zero-order valence-electron chi connectivity index (χ0n) is 83.3. The molecule has 6 rings (SSSR count). The molecule has 720 valence electrons. The monoisotopic (exact) mass is 1800 g/mol. The number of phenolic OH excluding ortho intramolecular Hbond substituents is 4. The van der Waals surface area contributed by atoms with Crippen LogP contribution in [0.25, 0.3) is 10.8 Å². The Bertz CT molecular complexity index is 4060. The molecular formula is C102H156O26. The van der Waals surface area contributed by atoms with Crippen molar-refractivity contribution < 1.29 is 126 Å². The molecule has 0 saturated carbocycles. The smallest absolute Gasteiger partial charge is 0.335 e. The van der Waals surface area contributed by atoms with Crippen molar-refractivity contribution in [3.05, 3.63) is 139 Å². The molecule has 0 saturated heterocycles. The molecule has 0 heterocycles. The Hall–Kier alpha value is -11.1. The number of hydrogen-bond acceptors (Lipinski definition) is 25. The number of aromatic carboxylic acids is 1. The fraction of sp³-hybridized carbons (Fsp3) is 0.559. The Labute approximate surface area is 763 Å². The fourth-order valence-corrected chi connectivity index (χ4v) is 7.74. The maximum absolute atomic E-state index is 12.1. The molecular weight excluding hydrogens is 1640 g/mol. The number of carboxylic acid groups (broad SMARTS) is 1. The van der Waals surface area contributed by atoms with E-state index in [2.05, 4.69) is 14.2 Å². The lowest BCUT2D eigenvalue weighted by molar-refractivity contribution is -0.154. The van der Waals surface area contributed by atoms with Gasteiger partial charge in [0.2, 0.25) is 0 Å². The minimum Gasteiger partial charge on any atom is -0.508 e. The number of aromatic hydroxyl groups is 4. The first kappa shape index (κ1) is 123. The lowest BCUT2D eigenvalue weighted by Gasteiger charge is -2.20. The minimum atomic E-state index is -1.00. The molecule has 0 aliphatic rings. The van der Waals surface area contributed by atoms with Crippen molar-refractivity contribution in [2.24, 2.45) is 54.7 Å². The van der Waals surface area contributed by atoms with Gasteiger partial charge >= 0.3 is 65.7 Å². The third-order valence-electron chi connectivity index (χ3n) is 21.7. The summed E-state index contributed by atoms with van der Waals surface area (Å²) in [5.41, 5.74) is -3.55. The highest BCUT2D eigenvalue weighted by Crippen LogP contribution is 2.36. The van der Waals surface area contributed by atoms with Crippen molar-refractivity contribution in [1.29, 1.82) is 0 Å². The third-order valence-corrected chi connectivity index (χ3v) is 21.7. The molecule has 0 aromatic heterocycles. The number of ether oxygens (including phenoxy) is 10. The van der Waals surface area contributed by atoms with Gasteiger partial charge in [-0.25, -0.2) is 4.79 Å². The zero-order valence-corrected chi connectivity index (χ0v) is 83.3. The number of methoxy groups -OCH3 is 3. The first-order valence-electron chi connectivity index (χ1n) is 43.7. The van der Waals surface area contributed by atoms with Crippen LogP contribution >= 0.6 is 0 Å². The topological polar surface area (TPSA) is 381 Å². The van der Waals surface area contributed by atoms with Crippen LogP contribution < -0.4 is 23.7 Å². The number of carbonyl (C=O) groups excluding carboxylic acids is 10. The van der Waals surface area contributed by atoms with Gasteiger partial charge in [-0.1, -0.05) is 107 Å². The maximum atomic E-state index is 12.1. The Morgan fingerprint density at radius 2 is 0.539 bits per heavy atom. The van der Waals surface area contributed by atoms with Gasteiger partial charge in [-0.05, 0) is 311 Å². The lowest BCUT2D eigenvalue weighted by Crippen LogP contribution is -2.28. The first-order chi connectivity index (χ1) is 59.1. The van der Waals surface area contributed by atoms with Crippen LogP contribution in [0, 0.1) is 54.7 Å². The summed E-state index contributed by atoms with van der Waals surface area (Å²) >= 11 is 0. The molecule has 1 atom stereocenters. The first-order valence-corrected chi connectivity index (χ1v) is 43.7. The van der Waals surface area contributed by atoms with Gasteiger partial charge in [0, 0.05) is 10.8 Å². The van der Waals surface area contributed by atoms with Gasteiger partial charge in [0.1, 0.15) is 51.7 Å². The second-order valence-corrected chi connectivity index (χ2v) is 35.7. The van der Waals surface area contributed by atoms with E-state index in [9.17, 15) is 57.8 Å². The highest BCUT2D eigenvalue weighted by molar-refractivity contribution is 5.95. The number of hydrogen-bond donors (Lipinski definition) is 5. The summed E-state index contributed by atoms with van der Waals surface area (Å²) in [5.74, 6) is 0.0318. The molecule has 0 radical (unpaired) electrons. The van der Waals surface area contributed by atoms with E-state index in [-0.39, 0.29) is 116 Å². The van der Waals surface area contributed by atoms with Gasteiger partial charge in [-0.2, -0.15) is 0 Å². The van der Waals surface area contributed by atoms with Gasteiger partial charge in [0.25, 0.3) is 0 Å². The van der Waals surface area contributed by atoms with E-state index in [1.165, 1.54) is 82.0 Å². The normalized spacial score (nSPS) is 11.3. The van der Waals surface area contributed by atoms with E-state index in [1.54, 1.807) is 68.4 Å². The summed E-state index contributed by atoms with van der Waals surface area (Å²) in [6, 6.07) is 34.6. The predicted octanol–water partition coefficient (Wildman–Crippen LogP) is 23.6. The van der Waals surface area contributed by atoms with Crippen molar-refractivity contribution in [2.45, 2.75) is 285 Å². The minimum absolute atomic E-state index is 0.0616. The standard InChI is InChI=1S/C16H18O3.C13H16O4.3C12H16O3.2C8H16O2.3C7H14O2/c1-4-16(2,3)15(18)19-14-10-9-13(17)11-7-5-6-8-12(11)14;1-4-13(2,3)12(16)17-10-7-5-9(6-8-10)11(14)15;3*1-4-12(2,3)11(14)15-10-7-5-9(13)6-8-10;1-5-8(3,4)7(9)10-6-2;1-4-6-10-8(9)7(3)5-2;3*1-5-7(2,3)6(8)9-4/h5-10,17H,4H2,1-3H3;5-8H,4H2,1-3H3,(H,14,15);3*5-8,13H,4H2,1-3H3;5-6H2,1-4H3;7H,4-6H2,1-3H3;3*5H2,1-4H3. The van der Waals surface area contributed by atoms with Crippen LogP contribution in [0.1, 0.15) is 296 Å². The van der Waals surface area contributed by atoms with Crippen molar-refractivity contribution in [2.75, 3.05) is 34.5 Å². The predicted molar refractivity (Wildman–Crippen MR) is 502 cm³/mol. The Balaban J connectivity index is -0.000000675. The van der Waals surface area contributed by atoms with E-state index in [1.807, 2.05) is 219 Å². The van der Waals surface area contributed by atoms with E-state index in [4.69, 9.17) is 53.6 Å². The number of carbonyl (C=O) groups is 11. The summed E-state index contributed by atoms with van der Waals surface area (Å²) in [6.45, 7) is 59.7. The van der Waals surface area contributed by atoms with Crippen molar-refractivity contribution in [3.8, 4) is 51.7 Å². The molecule has 128 heavy (non-hydrogen) atoms. The third kappa shape index (κ3) is 47.7. The number of benzene rings is 6. The van der Waals surface area contributed by atoms with Crippen molar-refractivity contribution in [3.63, 3.8) is 0 Å². The van der Waals surface area contributed by atoms with Gasteiger partial charge in [-0.15, -0.1) is 0 Å². The molecule has 0 spiro atoms. The van der Waals surface area contributed by atoms with E-state index >= 15 is 0 Å². The van der Waals surface area contributed by atoms with Crippen molar-refractivity contribution in [1.82, 2.24) is 0 Å². The molecule has 0 aliphatic heterocycles. The molecule has 5 N–H and O–H groups in total. The molecule has 0 amide bonds. The molecule has 0 aliphatic carbocycles. The summed E-state index contributed by atoms with van der Waals surface area (Å²) in [7, 11) is 4.25. The fourth-order valence-electron chi connectivity index (χ4n) is 7.74. The molecule has 1 unspecified atom stereocenters. The summed E-state index contributed by atoms with van der Waals surface area (Å²) in [4.78, 5) is 124. The van der Waals surface area contributed by atoms with Gasteiger partial charge in [0.05, 0.1) is 94.8 Å². The van der Waals surface area contributed by atoms with Gasteiger partial charge < -0.3 is 72.9 Å². The van der Waals surface area contributed by atoms with E-state index in [0.29, 0.717) is 60.2 Å². The number of fused-ring (bicyclic) bond motifs is 1. The second kappa shape index (κ2) is 59.9. The van der Waals surface area contributed by atoms with E-state index in [0.717, 1.165) is 63.2 Å². The largest absolute Gasteiger partial charge is 0.508 e. The summed E-state index contributed by atoms with van der Waals surface area (Å²) in [6.07, 6.45) is 8.62. The Morgan fingerprint density at radius 1 is 0.297 bits per heavy atom. The van der Waals surface area contributed by atoms with Crippen LogP contribution in [0.2, 0.25) is 0 Å². The molecule has 26 nitrogen and oxygen atoms in total. The summed E-state index contributed by atoms with van der Waals surface area (Å²) in [5, 5.41) is 47.1. The number of esters is 10. The van der Waals surface area contributed by atoms with Crippen LogP contribution in [-0.4, -0.2) is 126 Å². The number of phenols is 4. The van der Waals surface area contributed by atoms with Crippen LogP contribution in [0.5, 0.6) is 51.7 Å². The van der Waals surface area contributed by atoms with Crippen LogP contribution in [-0.2, 0) is 71.6 Å². The highest BCUT2D eigenvalue weighted by Gasteiger charge is 2.34. The molecule has 6 aromatic rings. The second-order valence-electron chi connectivity index (χ2n) is 35.7. The zero-order chi connectivity index (χ0) is 100. The number of carboxylic acids is 1. The van der Waals surface area contributed by atoms with Gasteiger partial charge in [0.15, 0.2) is 0 Å². The molecule has 0 bridgehead atoms. The number of rotatable bonds is 29.